The van der Waals surface area contributed by atoms with Crippen LogP contribution in [0.25, 0.3) is 0 Å². The fourth-order valence-corrected chi connectivity index (χ4v) is 5.04. The van der Waals surface area contributed by atoms with Gasteiger partial charge in [-0.3, -0.25) is 9.69 Å². The fourth-order valence-electron chi connectivity index (χ4n) is 3.98. The monoisotopic (exact) mass is 445 g/mol. The molecule has 168 valence electrons. The predicted octanol–water partition coefficient (Wildman–Crippen LogP) is 2.79. The van der Waals surface area contributed by atoms with Crippen LogP contribution in [0.1, 0.15) is 45.9 Å². The number of ether oxygens (including phenoxy) is 1. The van der Waals surface area contributed by atoms with Gasteiger partial charge in [0.15, 0.2) is 0 Å². The number of nitrogens with one attached hydrogen (secondary N) is 2. The first kappa shape index (κ1) is 23.2. The van der Waals surface area contributed by atoms with Crippen molar-refractivity contribution in [2.24, 2.45) is 0 Å². The number of carbonyl (C=O) groups excluding carboxylic acids is 1. The zero-order valence-corrected chi connectivity index (χ0v) is 19.4. The van der Waals surface area contributed by atoms with E-state index >= 15 is 0 Å². The largest absolute Gasteiger partial charge is 0.497 e. The van der Waals surface area contributed by atoms with Crippen LogP contribution in [0.4, 0.5) is 0 Å². The first-order valence-electron chi connectivity index (χ1n) is 10.5. The third kappa shape index (κ3) is 5.26. The summed E-state index contributed by atoms with van der Waals surface area (Å²) in [5.74, 6) is 0.509. The summed E-state index contributed by atoms with van der Waals surface area (Å²) in [5, 5.41) is 3.02. The van der Waals surface area contributed by atoms with E-state index in [1.807, 2.05) is 31.2 Å². The number of aryl methyl sites for hydroxylation is 1. The van der Waals surface area contributed by atoms with Gasteiger partial charge in [0.05, 0.1) is 18.0 Å². The van der Waals surface area contributed by atoms with Gasteiger partial charge >= 0.3 is 0 Å². The Hall–Kier alpha value is -2.42. The molecule has 1 amide bonds. The van der Waals surface area contributed by atoms with Crippen LogP contribution >= 0.6 is 0 Å². The van der Waals surface area contributed by atoms with Gasteiger partial charge in [-0.1, -0.05) is 12.1 Å². The number of hydrogen-bond acceptors (Lipinski definition) is 5. The minimum Gasteiger partial charge on any atom is -0.497 e. The van der Waals surface area contributed by atoms with Crippen molar-refractivity contribution < 1.29 is 17.9 Å². The third-order valence-corrected chi connectivity index (χ3v) is 7.52. The fraction of sp³-hybridized carbons (Fsp3) is 0.435. The topological polar surface area (TPSA) is 87.7 Å². The number of nitrogens with zero attached hydrogens (tertiary/aromatic N) is 1. The van der Waals surface area contributed by atoms with E-state index in [9.17, 15) is 13.2 Å². The summed E-state index contributed by atoms with van der Waals surface area (Å²) in [6.45, 7) is 5.97. The van der Waals surface area contributed by atoms with Crippen LogP contribution in [0.15, 0.2) is 41.3 Å². The molecule has 1 saturated heterocycles. The molecule has 0 spiro atoms. The molecule has 0 saturated carbocycles. The van der Waals surface area contributed by atoms with Crippen LogP contribution in [0.2, 0.25) is 0 Å². The Labute approximate surface area is 184 Å². The number of methoxy groups -OCH3 is 1. The van der Waals surface area contributed by atoms with E-state index in [0.29, 0.717) is 17.7 Å². The zero-order chi connectivity index (χ0) is 22.6. The summed E-state index contributed by atoms with van der Waals surface area (Å²) in [5.41, 5.74) is 2.85. The number of rotatable bonds is 8. The second-order valence-corrected chi connectivity index (χ2v) is 9.72. The highest BCUT2D eigenvalue weighted by Gasteiger charge is 2.25. The molecule has 1 aliphatic heterocycles. The van der Waals surface area contributed by atoms with Gasteiger partial charge in [0.25, 0.3) is 5.91 Å². The van der Waals surface area contributed by atoms with Crippen molar-refractivity contribution in [1.29, 1.82) is 0 Å². The molecule has 0 aliphatic carbocycles. The van der Waals surface area contributed by atoms with Crippen molar-refractivity contribution in [3.63, 3.8) is 0 Å². The third-order valence-electron chi connectivity index (χ3n) is 5.98. The van der Waals surface area contributed by atoms with Gasteiger partial charge in [0, 0.05) is 12.1 Å². The van der Waals surface area contributed by atoms with Crippen molar-refractivity contribution in [1.82, 2.24) is 14.9 Å². The Morgan fingerprint density at radius 2 is 1.77 bits per heavy atom. The number of likely N-dealkylation sites (tertiary alicyclic amines) is 1. The normalized spacial score (nSPS) is 15.6. The van der Waals surface area contributed by atoms with E-state index in [2.05, 4.69) is 14.9 Å². The molecule has 2 aromatic carbocycles. The SMILES string of the molecule is CNS(=O)(=O)c1cc(C(=O)NCC(c2ccc(OC)cc2)N2CCCC2)cc(C)c1C. The molecule has 1 fully saturated rings. The van der Waals surface area contributed by atoms with Crippen LogP contribution in [0.3, 0.4) is 0 Å². The highest BCUT2D eigenvalue weighted by atomic mass is 32.2. The lowest BCUT2D eigenvalue weighted by Gasteiger charge is -2.28. The molecule has 0 aromatic heterocycles. The molecular weight excluding hydrogens is 414 g/mol. The van der Waals surface area contributed by atoms with Gasteiger partial charge in [0.1, 0.15) is 5.75 Å². The Kier molecular flexibility index (Phi) is 7.35. The Balaban J connectivity index is 1.82. The number of hydrogen-bond donors (Lipinski definition) is 2. The lowest BCUT2D eigenvalue weighted by Crippen LogP contribution is -2.37. The van der Waals surface area contributed by atoms with E-state index in [0.717, 1.165) is 42.8 Å². The molecule has 3 rings (SSSR count). The highest BCUT2D eigenvalue weighted by Crippen LogP contribution is 2.27. The standard InChI is InChI=1S/C23H31N3O4S/c1-16-13-19(14-22(17(16)2)31(28,29)24-3)23(27)25-15-21(26-11-5-6-12-26)18-7-9-20(30-4)10-8-18/h7-10,13-14,21,24H,5-6,11-12,15H2,1-4H3,(H,25,27). The molecule has 0 bridgehead atoms. The minimum absolute atomic E-state index is 0.0458. The second kappa shape index (κ2) is 9.80. The molecule has 2 N–H and O–H groups in total. The molecule has 7 nitrogen and oxygen atoms in total. The lowest BCUT2D eigenvalue weighted by molar-refractivity contribution is 0.0937. The van der Waals surface area contributed by atoms with Crippen LogP contribution in [0, 0.1) is 13.8 Å². The number of amides is 1. The maximum absolute atomic E-state index is 13.0. The van der Waals surface area contributed by atoms with Crippen molar-refractivity contribution >= 4 is 15.9 Å². The Morgan fingerprint density at radius 3 is 2.35 bits per heavy atom. The number of carbonyl (C=O) groups is 1. The van der Waals surface area contributed by atoms with Gasteiger partial charge in [-0.2, -0.15) is 0 Å². The Bertz CT molecular complexity index is 1030. The smallest absolute Gasteiger partial charge is 0.251 e. The van der Waals surface area contributed by atoms with E-state index < -0.39 is 10.0 Å². The molecule has 2 aromatic rings. The van der Waals surface area contributed by atoms with Gasteiger partial charge in [-0.05, 0) is 87.8 Å². The van der Waals surface area contributed by atoms with Gasteiger partial charge in [0.2, 0.25) is 10.0 Å². The molecule has 1 heterocycles. The van der Waals surface area contributed by atoms with E-state index in [-0.39, 0.29) is 16.8 Å². The maximum Gasteiger partial charge on any atom is 0.251 e. The van der Waals surface area contributed by atoms with Crippen LogP contribution < -0.4 is 14.8 Å². The molecule has 1 unspecified atom stereocenters. The Morgan fingerprint density at radius 1 is 1.13 bits per heavy atom. The van der Waals surface area contributed by atoms with Gasteiger partial charge in [-0.15, -0.1) is 0 Å². The van der Waals surface area contributed by atoms with Gasteiger partial charge in [-0.25, -0.2) is 13.1 Å². The summed E-state index contributed by atoms with van der Waals surface area (Å²) in [7, 11) is -0.646. The summed E-state index contributed by atoms with van der Waals surface area (Å²) < 4.78 is 32.3. The number of benzene rings is 2. The van der Waals surface area contributed by atoms with Crippen molar-refractivity contribution in [3.8, 4) is 5.75 Å². The van der Waals surface area contributed by atoms with E-state index in [1.165, 1.54) is 13.1 Å². The van der Waals surface area contributed by atoms with Gasteiger partial charge < -0.3 is 10.1 Å². The van der Waals surface area contributed by atoms with Crippen molar-refractivity contribution in [2.75, 3.05) is 33.8 Å². The van der Waals surface area contributed by atoms with Crippen LogP contribution in [-0.4, -0.2) is 53.0 Å². The highest BCUT2D eigenvalue weighted by molar-refractivity contribution is 7.89. The first-order valence-corrected chi connectivity index (χ1v) is 12.0. The zero-order valence-electron chi connectivity index (χ0n) is 18.6. The van der Waals surface area contributed by atoms with Crippen molar-refractivity contribution in [3.05, 3.63) is 58.7 Å². The summed E-state index contributed by atoms with van der Waals surface area (Å²) >= 11 is 0. The first-order chi connectivity index (χ1) is 14.8. The molecule has 31 heavy (non-hydrogen) atoms. The lowest BCUT2D eigenvalue weighted by atomic mass is 10.0. The molecule has 0 radical (unpaired) electrons. The number of sulfonamides is 1. The summed E-state index contributed by atoms with van der Waals surface area (Å²) in [4.78, 5) is 15.5. The van der Waals surface area contributed by atoms with E-state index in [4.69, 9.17) is 4.74 Å². The van der Waals surface area contributed by atoms with Crippen LogP contribution in [-0.2, 0) is 10.0 Å². The second-order valence-electron chi connectivity index (χ2n) is 7.87. The average Bonchev–Trinajstić information content (AvgIpc) is 3.30. The summed E-state index contributed by atoms with van der Waals surface area (Å²) in [6.07, 6.45) is 2.28. The van der Waals surface area contributed by atoms with Crippen molar-refractivity contribution in [2.45, 2.75) is 37.6 Å². The molecule has 8 heteroatoms. The predicted molar refractivity (Wildman–Crippen MR) is 121 cm³/mol. The average molecular weight is 446 g/mol. The quantitative estimate of drug-likeness (QED) is 0.652. The molecule has 1 atom stereocenters. The molecule has 1 aliphatic rings. The summed E-state index contributed by atoms with van der Waals surface area (Å²) in [6, 6.07) is 11.1. The maximum atomic E-state index is 13.0. The van der Waals surface area contributed by atoms with Crippen LogP contribution in [0.5, 0.6) is 5.75 Å². The molecular formula is C23H31N3O4S. The minimum atomic E-state index is -3.65. The van der Waals surface area contributed by atoms with E-state index in [1.54, 1.807) is 20.1 Å².